The van der Waals surface area contributed by atoms with Gasteiger partial charge in [-0.2, -0.15) is 0 Å². The first-order chi connectivity index (χ1) is 10.6. The van der Waals surface area contributed by atoms with Gasteiger partial charge in [-0.05, 0) is 37.6 Å². The SMILES string of the molecule is CCN(CC)c1nc2ccc(-c3nc(Cl)ncc3F)cc2s1. The molecular weight excluding hydrogens is 323 g/mol. The van der Waals surface area contributed by atoms with Crippen molar-refractivity contribution in [2.45, 2.75) is 13.8 Å². The van der Waals surface area contributed by atoms with Crippen LogP contribution in [-0.4, -0.2) is 28.0 Å². The zero-order chi connectivity index (χ0) is 15.7. The molecule has 0 fully saturated rings. The number of hydrogen-bond acceptors (Lipinski definition) is 5. The fourth-order valence-corrected chi connectivity index (χ4v) is 3.50. The summed E-state index contributed by atoms with van der Waals surface area (Å²) in [6.07, 6.45) is 1.09. The highest BCUT2D eigenvalue weighted by molar-refractivity contribution is 7.22. The molecule has 7 heteroatoms. The summed E-state index contributed by atoms with van der Waals surface area (Å²) in [5.74, 6) is -0.489. The number of anilines is 1. The van der Waals surface area contributed by atoms with Crippen molar-refractivity contribution in [3.05, 3.63) is 35.5 Å². The number of thiazole rings is 1. The van der Waals surface area contributed by atoms with E-state index in [4.69, 9.17) is 11.6 Å². The van der Waals surface area contributed by atoms with Crippen molar-refractivity contribution in [2.24, 2.45) is 0 Å². The third-order valence-electron chi connectivity index (χ3n) is 3.40. The summed E-state index contributed by atoms with van der Waals surface area (Å²) in [5.41, 5.74) is 1.78. The Morgan fingerprint density at radius 3 is 2.73 bits per heavy atom. The molecule has 3 aromatic rings. The van der Waals surface area contributed by atoms with Crippen LogP contribution in [-0.2, 0) is 0 Å². The monoisotopic (exact) mass is 336 g/mol. The summed E-state index contributed by atoms with van der Waals surface area (Å²) < 4.78 is 14.9. The van der Waals surface area contributed by atoms with Gasteiger partial charge in [0.25, 0.3) is 0 Å². The van der Waals surface area contributed by atoms with E-state index in [2.05, 4.69) is 33.7 Å². The molecule has 0 aliphatic heterocycles. The van der Waals surface area contributed by atoms with E-state index in [0.29, 0.717) is 5.56 Å². The van der Waals surface area contributed by atoms with Crippen LogP contribution in [0.1, 0.15) is 13.8 Å². The molecule has 3 rings (SSSR count). The highest BCUT2D eigenvalue weighted by Crippen LogP contribution is 2.32. The van der Waals surface area contributed by atoms with Crippen LogP contribution in [0.3, 0.4) is 0 Å². The summed E-state index contributed by atoms with van der Waals surface area (Å²) in [4.78, 5) is 14.4. The topological polar surface area (TPSA) is 41.9 Å². The molecule has 0 radical (unpaired) electrons. The molecule has 0 atom stereocenters. The minimum atomic E-state index is -0.489. The number of halogens is 2. The molecule has 0 saturated carbocycles. The van der Waals surface area contributed by atoms with Crippen LogP contribution in [0, 0.1) is 5.82 Å². The predicted molar refractivity (Wildman–Crippen MR) is 89.2 cm³/mol. The molecule has 0 unspecified atom stereocenters. The van der Waals surface area contributed by atoms with Crippen molar-refractivity contribution < 1.29 is 4.39 Å². The Hall–Kier alpha value is -1.79. The quantitative estimate of drug-likeness (QED) is 0.662. The molecule has 114 valence electrons. The Labute approximate surface area is 136 Å². The fourth-order valence-electron chi connectivity index (χ4n) is 2.24. The lowest BCUT2D eigenvalue weighted by atomic mass is 10.1. The van der Waals surface area contributed by atoms with Gasteiger partial charge in [0, 0.05) is 18.7 Å². The van der Waals surface area contributed by atoms with Crippen LogP contribution in [0.2, 0.25) is 5.28 Å². The molecule has 0 aliphatic carbocycles. The third-order valence-corrected chi connectivity index (χ3v) is 4.66. The van der Waals surface area contributed by atoms with E-state index < -0.39 is 5.82 Å². The van der Waals surface area contributed by atoms with Gasteiger partial charge in [-0.25, -0.2) is 19.3 Å². The van der Waals surface area contributed by atoms with Gasteiger partial charge in [-0.3, -0.25) is 0 Å². The molecule has 0 amide bonds. The number of aromatic nitrogens is 3. The highest BCUT2D eigenvalue weighted by Gasteiger charge is 2.13. The first kappa shape index (κ1) is 15.1. The number of nitrogens with zero attached hydrogens (tertiary/aromatic N) is 4. The molecule has 0 N–H and O–H groups in total. The summed E-state index contributed by atoms with van der Waals surface area (Å²) in [6.45, 7) is 6.00. The fraction of sp³-hybridized carbons (Fsp3) is 0.267. The van der Waals surface area contributed by atoms with Gasteiger partial charge < -0.3 is 4.90 Å². The van der Waals surface area contributed by atoms with Gasteiger partial charge in [-0.15, -0.1) is 0 Å². The number of hydrogen-bond donors (Lipinski definition) is 0. The standard InChI is InChI=1S/C15H14ClFN4S/c1-3-21(4-2)15-19-11-6-5-9(7-12(11)22-15)13-10(17)8-18-14(16)20-13/h5-8H,3-4H2,1-2H3. The second-order valence-corrected chi connectivity index (χ2v) is 6.03. The molecule has 2 aromatic heterocycles. The van der Waals surface area contributed by atoms with Gasteiger partial charge in [0.05, 0.1) is 16.4 Å². The maximum Gasteiger partial charge on any atom is 0.223 e. The van der Waals surface area contributed by atoms with Crippen molar-refractivity contribution in [3.63, 3.8) is 0 Å². The average Bonchev–Trinajstić information content (AvgIpc) is 2.93. The highest BCUT2D eigenvalue weighted by atomic mass is 35.5. The maximum atomic E-state index is 13.9. The lowest BCUT2D eigenvalue weighted by Gasteiger charge is -2.16. The minimum Gasteiger partial charge on any atom is -0.349 e. The number of benzene rings is 1. The van der Waals surface area contributed by atoms with Gasteiger partial charge in [0.2, 0.25) is 5.28 Å². The van der Waals surface area contributed by atoms with Gasteiger partial charge in [0.15, 0.2) is 10.9 Å². The molecule has 1 aromatic carbocycles. The van der Waals surface area contributed by atoms with E-state index in [1.165, 1.54) is 0 Å². The van der Waals surface area contributed by atoms with E-state index in [0.717, 1.165) is 34.6 Å². The molecule has 0 spiro atoms. The summed E-state index contributed by atoms with van der Waals surface area (Å²) in [5, 5.41) is 1.00. The second-order valence-electron chi connectivity index (χ2n) is 4.69. The van der Waals surface area contributed by atoms with E-state index >= 15 is 0 Å². The zero-order valence-corrected chi connectivity index (χ0v) is 13.7. The zero-order valence-electron chi connectivity index (χ0n) is 12.2. The molecule has 2 heterocycles. The molecule has 22 heavy (non-hydrogen) atoms. The number of fused-ring (bicyclic) bond motifs is 1. The largest absolute Gasteiger partial charge is 0.349 e. The Morgan fingerprint density at radius 1 is 1.23 bits per heavy atom. The van der Waals surface area contributed by atoms with E-state index in [1.807, 2.05) is 12.1 Å². The van der Waals surface area contributed by atoms with Crippen molar-refractivity contribution in [3.8, 4) is 11.3 Å². The van der Waals surface area contributed by atoms with Crippen LogP contribution < -0.4 is 4.90 Å². The summed E-state index contributed by atoms with van der Waals surface area (Å²) in [6, 6.07) is 5.57. The maximum absolute atomic E-state index is 13.9. The van der Waals surface area contributed by atoms with Crippen molar-refractivity contribution in [1.29, 1.82) is 0 Å². The normalized spacial score (nSPS) is 11.1. The van der Waals surface area contributed by atoms with Crippen LogP contribution in [0.5, 0.6) is 0 Å². The third kappa shape index (κ3) is 2.76. The Kier molecular flexibility index (Phi) is 4.22. The molecule has 0 saturated heterocycles. The van der Waals surface area contributed by atoms with Gasteiger partial charge in [-0.1, -0.05) is 17.4 Å². The Morgan fingerprint density at radius 2 is 2.00 bits per heavy atom. The Bertz CT molecular complexity index is 816. The average molecular weight is 337 g/mol. The van der Waals surface area contributed by atoms with Crippen molar-refractivity contribution in [1.82, 2.24) is 15.0 Å². The van der Waals surface area contributed by atoms with E-state index in [9.17, 15) is 4.39 Å². The van der Waals surface area contributed by atoms with Crippen molar-refractivity contribution in [2.75, 3.05) is 18.0 Å². The lowest BCUT2D eigenvalue weighted by molar-refractivity contribution is 0.618. The number of rotatable bonds is 4. The van der Waals surface area contributed by atoms with Crippen LogP contribution in [0.4, 0.5) is 9.52 Å². The van der Waals surface area contributed by atoms with E-state index in [-0.39, 0.29) is 11.0 Å². The minimum absolute atomic E-state index is 0.0321. The Balaban J connectivity index is 2.08. The van der Waals surface area contributed by atoms with Gasteiger partial charge in [0.1, 0.15) is 5.69 Å². The lowest BCUT2D eigenvalue weighted by Crippen LogP contribution is -2.21. The molecule has 0 aliphatic rings. The molecule has 4 nitrogen and oxygen atoms in total. The van der Waals surface area contributed by atoms with Crippen LogP contribution in [0.15, 0.2) is 24.4 Å². The smallest absolute Gasteiger partial charge is 0.223 e. The summed E-state index contributed by atoms with van der Waals surface area (Å²) >= 11 is 7.35. The first-order valence-electron chi connectivity index (χ1n) is 6.96. The van der Waals surface area contributed by atoms with E-state index in [1.54, 1.807) is 17.4 Å². The first-order valence-corrected chi connectivity index (χ1v) is 8.15. The second kappa shape index (κ2) is 6.14. The predicted octanol–water partition coefficient (Wildman–Crippen LogP) is 4.39. The van der Waals surface area contributed by atoms with Gasteiger partial charge >= 0.3 is 0 Å². The van der Waals surface area contributed by atoms with Crippen LogP contribution >= 0.6 is 22.9 Å². The molecule has 0 bridgehead atoms. The summed E-state index contributed by atoms with van der Waals surface area (Å²) in [7, 11) is 0. The van der Waals surface area contributed by atoms with Crippen LogP contribution in [0.25, 0.3) is 21.5 Å². The molecular formula is C15H14ClFN4S. The van der Waals surface area contributed by atoms with Crippen molar-refractivity contribution >= 4 is 38.3 Å².